The molecule has 0 amide bonds. The van der Waals surface area contributed by atoms with E-state index in [1.54, 1.807) is 13.8 Å². The predicted octanol–water partition coefficient (Wildman–Crippen LogP) is 1.36. The molecule has 0 aromatic rings. The number of fused-ring (bicyclic) bond motifs is 2. The van der Waals surface area contributed by atoms with Gasteiger partial charge >= 0.3 is 11.9 Å². The summed E-state index contributed by atoms with van der Waals surface area (Å²) >= 11 is 0. The third-order valence-corrected chi connectivity index (χ3v) is 19.9. The van der Waals surface area contributed by atoms with Crippen molar-refractivity contribution in [3.8, 4) is 0 Å². The summed E-state index contributed by atoms with van der Waals surface area (Å²) in [6, 6.07) is 0. The van der Waals surface area contributed by atoms with Gasteiger partial charge in [-0.15, -0.1) is 0 Å². The molecule has 0 aromatic heterocycles. The van der Waals surface area contributed by atoms with Crippen LogP contribution in [0.5, 0.6) is 0 Å². The van der Waals surface area contributed by atoms with E-state index in [0.29, 0.717) is 38.5 Å². The van der Waals surface area contributed by atoms with E-state index in [9.17, 15) is 50.4 Å². The normalized spacial score (nSPS) is 54.6. The van der Waals surface area contributed by atoms with Crippen LogP contribution in [0.25, 0.3) is 0 Å². The van der Waals surface area contributed by atoms with Gasteiger partial charge in [-0.2, -0.15) is 0 Å². The van der Waals surface area contributed by atoms with Gasteiger partial charge < -0.3 is 83.5 Å². The van der Waals surface area contributed by atoms with Crippen molar-refractivity contribution in [1.82, 2.24) is 0 Å². The highest BCUT2D eigenvalue weighted by atomic mass is 16.8. The summed E-state index contributed by atoms with van der Waals surface area (Å²) in [5, 5.41) is 88.4. The first-order valence-corrected chi connectivity index (χ1v) is 25.4. The number of carbonyl (C=O) groups is 2. The number of carbonyl (C=O) groups excluding carboxylic acids is 2. The van der Waals surface area contributed by atoms with Crippen LogP contribution < -0.4 is 0 Å². The van der Waals surface area contributed by atoms with E-state index >= 15 is 0 Å². The van der Waals surface area contributed by atoms with Gasteiger partial charge in [0.05, 0.1) is 54.9 Å². The highest BCUT2D eigenvalue weighted by molar-refractivity contribution is 5.67. The van der Waals surface area contributed by atoms with E-state index < -0.39 is 127 Å². The Balaban J connectivity index is 1.05. The van der Waals surface area contributed by atoms with Crippen molar-refractivity contribution >= 4 is 11.9 Å². The Morgan fingerprint density at radius 1 is 0.638 bits per heavy atom. The number of hydrogen-bond acceptors (Lipinski definition) is 19. The molecule has 0 bridgehead atoms. The van der Waals surface area contributed by atoms with Crippen molar-refractivity contribution in [1.29, 1.82) is 0 Å². The van der Waals surface area contributed by atoms with E-state index in [1.807, 2.05) is 0 Å². The van der Waals surface area contributed by atoms with Crippen molar-refractivity contribution in [2.45, 2.75) is 243 Å². The summed E-state index contributed by atoms with van der Waals surface area (Å²) < 4.78 is 56.7. The molecule has 0 radical (unpaired) electrons. The van der Waals surface area contributed by atoms with Crippen molar-refractivity contribution in [2.24, 2.45) is 44.8 Å². The molecule has 25 atom stereocenters. The number of aliphatic hydroxyl groups is 8. The summed E-state index contributed by atoms with van der Waals surface area (Å²) in [5.74, 6) is -1.77. The molecule has 19 heteroatoms. The molecule has 19 nitrogen and oxygen atoms in total. The Morgan fingerprint density at radius 3 is 1.96 bits per heavy atom. The molecule has 5 saturated carbocycles. The third kappa shape index (κ3) is 8.17. The zero-order chi connectivity index (χ0) is 50.3. The minimum Gasteiger partial charge on any atom is -0.456 e. The van der Waals surface area contributed by atoms with E-state index in [0.717, 1.165) is 19.3 Å². The first-order valence-electron chi connectivity index (χ1n) is 25.4. The van der Waals surface area contributed by atoms with Crippen molar-refractivity contribution in [3.05, 3.63) is 0 Å². The van der Waals surface area contributed by atoms with Crippen LogP contribution in [0.15, 0.2) is 0 Å². The molecule has 9 fully saturated rings. The number of hydrogen-bond donors (Lipinski definition) is 8. The third-order valence-electron chi connectivity index (χ3n) is 19.9. The van der Waals surface area contributed by atoms with Gasteiger partial charge in [0.1, 0.15) is 36.6 Å². The molecule has 394 valence electrons. The molecular weight excluding hydrogens is 905 g/mol. The lowest BCUT2D eigenvalue weighted by Crippen LogP contribution is -2.65. The summed E-state index contributed by atoms with van der Waals surface area (Å²) in [7, 11) is 0. The first kappa shape index (κ1) is 52.2. The van der Waals surface area contributed by atoms with Crippen molar-refractivity contribution in [2.75, 3.05) is 13.2 Å². The van der Waals surface area contributed by atoms with Crippen LogP contribution >= 0.6 is 0 Å². The van der Waals surface area contributed by atoms with Gasteiger partial charge in [-0.3, -0.25) is 9.59 Å². The minimum absolute atomic E-state index is 0.0598. The SMILES string of the molecule is CC(=O)O[C@@H]1[C@@H](O[C@@H]2O[C@@H](C)[C@H](O)[C@@H](O)[C@H]2O)[C@H](O[C@H]2CC[C@]34C[C@]35CC[C@]3(C)[C@@H]([C@@]6(C)CC[C@@H](C(C)(C)O)O6)[C@@H](O)C[C@@]3(C)[C@@H]5C[C@H](O[C@@H]3OC[C@@H](O)[C@H](O)[C@H]3O)[C@H]4C2(C)C)OC[C@H]1OC(C)=O. The number of aliphatic hydroxyl groups excluding tert-OH is 7. The molecule has 9 aliphatic rings. The average molecular weight is 985 g/mol. The lowest BCUT2D eigenvalue weighted by Gasteiger charge is -2.65. The molecule has 5 aliphatic carbocycles. The quantitative estimate of drug-likeness (QED) is 0.113. The molecule has 0 unspecified atom stereocenters. The van der Waals surface area contributed by atoms with E-state index in [4.69, 9.17) is 42.6 Å². The van der Waals surface area contributed by atoms with Crippen LogP contribution in [0, 0.1) is 44.8 Å². The van der Waals surface area contributed by atoms with Crippen LogP contribution in [0.3, 0.4) is 0 Å². The Kier molecular flexibility index (Phi) is 13.4. The molecule has 4 saturated heterocycles. The van der Waals surface area contributed by atoms with Crippen LogP contribution in [0.1, 0.15) is 127 Å². The van der Waals surface area contributed by atoms with Crippen molar-refractivity contribution in [3.63, 3.8) is 0 Å². The van der Waals surface area contributed by atoms with Gasteiger partial charge in [0, 0.05) is 19.8 Å². The van der Waals surface area contributed by atoms with Crippen molar-refractivity contribution < 1.29 is 93.1 Å². The maximum atomic E-state index is 12.7. The van der Waals surface area contributed by atoms with Crippen LogP contribution in [0.2, 0.25) is 0 Å². The number of rotatable bonds is 10. The zero-order valence-electron chi connectivity index (χ0n) is 41.9. The molecular formula is C50H80O19. The van der Waals surface area contributed by atoms with Crippen LogP contribution in [-0.2, 0) is 52.2 Å². The molecule has 8 N–H and O–H groups in total. The predicted molar refractivity (Wildman–Crippen MR) is 238 cm³/mol. The number of esters is 2. The summed E-state index contributed by atoms with van der Waals surface area (Å²) in [6.07, 6.45) is -13.9. The monoisotopic (exact) mass is 985 g/mol. The molecule has 9 rings (SSSR count). The van der Waals surface area contributed by atoms with E-state index in [1.165, 1.54) is 20.8 Å². The van der Waals surface area contributed by atoms with Gasteiger partial charge in [0.15, 0.2) is 37.2 Å². The topological polar surface area (TPSA) is 279 Å². The Bertz CT molecular complexity index is 1930. The van der Waals surface area contributed by atoms with Gasteiger partial charge in [-0.25, -0.2) is 0 Å². The Hall–Kier alpha value is -1.66. The second-order valence-electron chi connectivity index (χ2n) is 24.6. The second kappa shape index (κ2) is 17.7. The van der Waals surface area contributed by atoms with Gasteiger partial charge in [-0.05, 0) is 124 Å². The minimum atomic E-state index is -1.74. The molecule has 69 heavy (non-hydrogen) atoms. The number of ether oxygens (including phenoxy) is 9. The summed E-state index contributed by atoms with van der Waals surface area (Å²) in [6.45, 7) is 17.9. The van der Waals surface area contributed by atoms with Gasteiger partial charge in [-0.1, -0.05) is 27.7 Å². The summed E-state index contributed by atoms with van der Waals surface area (Å²) in [5.41, 5.74) is -3.62. The lowest BCUT2D eigenvalue weighted by atomic mass is 9.41. The highest BCUT2D eigenvalue weighted by Crippen LogP contribution is 2.89. The maximum absolute atomic E-state index is 12.7. The Labute approximate surface area is 404 Å². The van der Waals surface area contributed by atoms with Crippen LogP contribution in [0.4, 0.5) is 0 Å². The Morgan fingerprint density at radius 2 is 1.30 bits per heavy atom. The molecule has 2 spiro atoms. The van der Waals surface area contributed by atoms with Gasteiger partial charge in [0.25, 0.3) is 0 Å². The van der Waals surface area contributed by atoms with Gasteiger partial charge in [0.2, 0.25) is 0 Å². The lowest BCUT2D eigenvalue weighted by molar-refractivity contribution is -0.366. The largest absolute Gasteiger partial charge is 0.456 e. The maximum Gasteiger partial charge on any atom is 0.303 e. The van der Waals surface area contributed by atoms with E-state index in [-0.39, 0.29) is 58.7 Å². The smallest absolute Gasteiger partial charge is 0.303 e. The fraction of sp³-hybridized carbons (Fsp3) is 0.960. The average Bonchev–Trinajstić information content (AvgIpc) is 3.62. The van der Waals surface area contributed by atoms with E-state index in [2.05, 4.69) is 34.6 Å². The first-order chi connectivity index (χ1) is 32.0. The fourth-order valence-corrected chi connectivity index (χ4v) is 16.6. The standard InChI is InChI=1S/C50H80O19/c1-22-32(55)34(57)36(59)42(63-22)68-38-37(65-24(3)52)28(64-23(2)51)20-62-43(38)67-30-12-14-50-21-49(50)16-15-46(8)39(48(10)13-11-31(69-48)45(6,7)60)25(53)18-47(46,9)29(49)17-27(40(50)44(30,4)5)66-41-35(58)33(56)26(54)19-61-41/h22,25-43,53-60H,11-21H2,1-10H3/t22-,25-,26+,27-,28+,29-,30-,31-,32-,33-,34+,35+,36+,37-,38+,39-,40-,41-,42-,43-,46+,47-,48+,49-,50+/m0/s1. The molecule has 4 aliphatic heterocycles. The molecule has 0 aromatic carbocycles. The zero-order valence-corrected chi connectivity index (χ0v) is 41.9. The van der Waals surface area contributed by atoms with Crippen LogP contribution in [-0.4, -0.2) is 182 Å². The highest BCUT2D eigenvalue weighted by Gasteiger charge is 2.85. The second-order valence-corrected chi connectivity index (χ2v) is 24.6. The summed E-state index contributed by atoms with van der Waals surface area (Å²) in [4.78, 5) is 25.0. The fourth-order valence-electron chi connectivity index (χ4n) is 16.6. The molecule has 4 heterocycles.